The van der Waals surface area contributed by atoms with Crippen molar-refractivity contribution in [1.82, 2.24) is 0 Å². The zero-order valence-electron chi connectivity index (χ0n) is 10.2. The number of allylic oxidation sites excluding steroid dienone is 1. The zero-order chi connectivity index (χ0) is 12.7. The van der Waals surface area contributed by atoms with Gasteiger partial charge >= 0.3 is 5.97 Å². The molecular formula is C14H15NO2. The van der Waals surface area contributed by atoms with Crippen molar-refractivity contribution >= 4 is 17.7 Å². The summed E-state index contributed by atoms with van der Waals surface area (Å²) in [4.78, 5) is 11.2. The predicted molar refractivity (Wildman–Crippen MR) is 69.8 cm³/mol. The Labute approximate surface area is 101 Å². The molecule has 0 saturated carbocycles. The maximum absolute atomic E-state index is 11.2. The van der Waals surface area contributed by atoms with E-state index in [0.717, 1.165) is 11.3 Å². The SMILES string of the molecule is CC#CC(=O)Oc1ccc(/C=C\C)c(NC)c1. The molecule has 3 heteroatoms. The molecule has 88 valence electrons. The van der Waals surface area contributed by atoms with E-state index in [1.807, 2.05) is 32.2 Å². The summed E-state index contributed by atoms with van der Waals surface area (Å²) < 4.78 is 5.05. The van der Waals surface area contributed by atoms with Crippen LogP contribution in [-0.4, -0.2) is 13.0 Å². The molecule has 0 unspecified atom stereocenters. The van der Waals surface area contributed by atoms with Gasteiger partial charge in [0.15, 0.2) is 0 Å². The van der Waals surface area contributed by atoms with Crippen LogP contribution in [-0.2, 0) is 4.79 Å². The minimum absolute atomic E-state index is 0.482. The van der Waals surface area contributed by atoms with Crippen LogP contribution in [0.2, 0.25) is 0 Å². The van der Waals surface area contributed by atoms with E-state index in [4.69, 9.17) is 4.74 Å². The van der Waals surface area contributed by atoms with Crippen LogP contribution in [0.5, 0.6) is 5.75 Å². The summed E-state index contributed by atoms with van der Waals surface area (Å²) in [6, 6.07) is 5.39. The zero-order valence-corrected chi connectivity index (χ0v) is 10.2. The van der Waals surface area contributed by atoms with Gasteiger partial charge in [-0.1, -0.05) is 18.1 Å². The number of anilines is 1. The molecule has 0 aromatic heterocycles. The maximum atomic E-state index is 11.2. The van der Waals surface area contributed by atoms with Gasteiger partial charge < -0.3 is 10.1 Å². The molecule has 0 bridgehead atoms. The Kier molecular flexibility index (Phi) is 4.83. The Morgan fingerprint density at radius 3 is 2.82 bits per heavy atom. The van der Waals surface area contributed by atoms with Gasteiger partial charge in [-0.2, -0.15) is 0 Å². The van der Waals surface area contributed by atoms with Crippen molar-refractivity contribution in [3.63, 3.8) is 0 Å². The van der Waals surface area contributed by atoms with Crippen LogP contribution in [0.4, 0.5) is 5.69 Å². The van der Waals surface area contributed by atoms with Crippen molar-refractivity contribution in [1.29, 1.82) is 0 Å². The Bertz CT molecular complexity index is 493. The van der Waals surface area contributed by atoms with E-state index in [-0.39, 0.29) is 0 Å². The third kappa shape index (κ3) is 3.69. The molecule has 0 spiro atoms. The Hall–Kier alpha value is -2.21. The fourth-order valence-electron chi connectivity index (χ4n) is 1.37. The number of rotatable bonds is 3. The second kappa shape index (κ2) is 6.39. The summed E-state index contributed by atoms with van der Waals surface area (Å²) in [6.07, 6.45) is 3.92. The van der Waals surface area contributed by atoms with Crippen LogP contribution in [0.3, 0.4) is 0 Å². The van der Waals surface area contributed by atoms with Crippen molar-refractivity contribution in [2.45, 2.75) is 13.8 Å². The topological polar surface area (TPSA) is 38.3 Å². The van der Waals surface area contributed by atoms with Crippen LogP contribution >= 0.6 is 0 Å². The molecule has 0 amide bonds. The number of nitrogens with one attached hydrogen (secondary N) is 1. The monoisotopic (exact) mass is 229 g/mol. The lowest BCUT2D eigenvalue weighted by Gasteiger charge is -2.07. The third-order valence-electron chi connectivity index (χ3n) is 2.08. The lowest BCUT2D eigenvalue weighted by atomic mass is 10.1. The first kappa shape index (κ1) is 12.9. The smallest absolute Gasteiger partial charge is 0.389 e. The molecule has 0 atom stereocenters. The fraction of sp³-hybridized carbons (Fsp3) is 0.214. The molecule has 17 heavy (non-hydrogen) atoms. The number of ether oxygens (including phenoxy) is 1. The van der Waals surface area contributed by atoms with Gasteiger partial charge in [0, 0.05) is 24.7 Å². The molecule has 0 saturated heterocycles. The molecule has 1 N–H and O–H groups in total. The van der Waals surface area contributed by atoms with Gasteiger partial charge in [0.2, 0.25) is 0 Å². The summed E-state index contributed by atoms with van der Waals surface area (Å²) in [7, 11) is 1.82. The lowest BCUT2D eigenvalue weighted by molar-refractivity contribution is -0.128. The van der Waals surface area contributed by atoms with E-state index < -0.39 is 5.97 Å². The van der Waals surface area contributed by atoms with E-state index in [0.29, 0.717) is 5.75 Å². The van der Waals surface area contributed by atoms with Crippen LogP contribution < -0.4 is 10.1 Å². The van der Waals surface area contributed by atoms with Gasteiger partial charge in [-0.05, 0) is 31.5 Å². The predicted octanol–water partition coefficient (Wildman–Crippen LogP) is 2.69. The number of benzene rings is 1. The van der Waals surface area contributed by atoms with Crippen molar-refractivity contribution in [2.24, 2.45) is 0 Å². The minimum Gasteiger partial charge on any atom is -0.417 e. The van der Waals surface area contributed by atoms with Crippen molar-refractivity contribution in [3.05, 3.63) is 29.8 Å². The second-order valence-electron chi connectivity index (χ2n) is 3.26. The highest BCUT2D eigenvalue weighted by Crippen LogP contribution is 2.23. The summed E-state index contributed by atoms with van der Waals surface area (Å²) in [5.41, 5.74) is 1.94. The van der Waals surface area contributed by atoms with Crippen LogP contribution in [0, 0.1) is 11.8 Å². The molecule has 0 aliphatic carbocycles. The van der Waals surface area contributed by atoms with Gasteiger partial charge in [0.1, 0.15) is 5.75 Å². The Balaban J connectivity index is 2.96. The molecule has 0 aliphatic rings. The van der Waals surface area contributed by atoms with Crippen LogP contribution in [0.1, 0.15) is 19.4 Å². The quantitative estimate of drug-likeness (QED) is 0.375. The first-order valence-electron chi connectivity index (χ1n) is 5.30. The van der Waals surface area contributed by atoms with Gasteiger partial charge in [-0.25, -0.2) is 4.79 Å². The molecule has 0 heterocycles. The Morgan fingerprint density at radius 2 is 2.24 bits per heavy atom. The average Bonchev–Trinajstić information content (AvgIpc) is 2.31. The molecule has 1 rings (SSSR count). The summed E-state index contributed by atoms with van der Waals surface area (Å²) in [5, 5.41) is 3.05. The molecular weight excluding hydrogens is 214 g/mol. The van der Waals surface area contributed by atoms with E-state index in [2.05, 4.69) is 17.2 Å². The fourth-order valence-corrected chi connectivity index (χ4v) is 1.37. The molecule has 0 fully saturated rings. The number of hydrogen-bond donors (Lipinski definition) is 1. The van der Waals surface area contributed by atoms with Crippen molar-refractivity contribution in [3.8, 4) is 17.6 Å². The summed E-state index contributed by atoms with van der Waals surface area (Å²) >= 11 is 0. The molecule has 1 aromatic carbocycles. The number of hydrogen-bond acceptors (Lipinski definition) is 3. The summed E-state index contributed by atoms with van der Waals surface area (Å²) in [6.45, 7) is 3.54. The second-order valence-corrected chi connectivity index (χ2v) is 3.26. The van der Waals surface area contributed by atoms with E-state index in [1.54, 1.807) is 19.1 Å². The van der Waals surface area contributed by atoms with Crippen LogP contribution in [0.15, 0.2) is 24.3 Å². The van der Waals surface area contributed by atoms with E-state index >= 15 is 0 Å². The largest absolute Gasteiger partial charge is 0.417 e. The highest BCUT2D eigenvalue weighted by atomic mass is 16.5. The third-order valence-corrected chi connectivity index (χ3v) is 2.08. The first-order valence-corrected chi connectivity index (χ1v) is 5.30. The molecule has 0 radical (unpaired) electrons. The molecule has 0 aliphatic heterocycles. The van der Waals surface area contributed by atoms with Gasteiger partial charge in [-0.3, -0.25) is 0 Å². The van der Waals surface area contributed by atoms with Gasteiger partial charge in [-0.15, -0.1) is 0 Å². The number of esters is 1. The first-order chi connectivity index (χ1) is 8.21. The molecule has 3 nitrogen and oxygen atoms in total. The lowest BCUT2D eigenvalue weighted by Crippen LogP contribution is -2.04. The highest BCUT2D eigenvalue weighted by molar-refractivity contribution is 5.90. The van der Waals surface area contributed by atoms with Crippen molar-refractivity contribution < 1.29 is 9.53 Å². The summed E-state index contributed by atoms with van der Waals surface area (Å²) in [5.74, 6) is 4.76. The standard InChI is InChI=1S/C14H15NO2/c1-4-6-11-8-9-12(10-13(11)15-3)17-14(16)7-5-2/h4,6,8-10,15H,1-3H3/b6-4-. The van der Waals surface area contributed by atoms with Gasteiger partial charge in [0.25, 0.3) is 0 Å². The average molecular weight is 229 g/mol. The van der Waals surface area contributed by atoms with Crippen LogP contribution in [0.25, 0.3) is 6.08 Å². The maximum Gasteiger partial charge on any atom is 0.389 e. The van der Waals surface area contributed by atoms with Gasteiger partial charge in [0.05, 0.1) is 0 Å². The molecule has 1 aromatic rings. The number of carbonyl (C=O) groups is 1. The Morgan fingerprint density at radius 1 is 1.47 bits per heavy atom. The van der Waals surface area contributed by atoms with Crippen molar-refractivity contribution in [2.75, 3.05) is 12.4 Å². The minimum atomic E-state index is -0.548. The van der Waals surface area contributed by atoms with E-state index in [9.17, 15) is 4.79 Å². The normalized spacial score (nSPS) is 9.59. The van der Waals surface area contributed by atoms with E-state index in [1.165, 1.54) is 0 Å². The highest BCUT2D eigenvalue weighted by Gasteiger charge is 2.04. The number of carbonyl (C=O) groups excluding carboxylic acids is 1.